The van der Waals surface area contributed by atoms with Crippen LogP contribution >= 0.6 is 11.6 Å². The smallest absolute Gasteiger partial charge is 0.221 e. The standard InChI is InChI=1S/C19H18ClNO2/c1-23-18-7-4-6-16(13-18)14-21-19(22)8-3-2-5-15-9-11-17(20)12-10-15/h4,6-7,9-13H,3,8,14H2,1H3,(H,21,22). The molecule has 2 aromatic rings. The summed E-state index contributed by atoms with van der Waals surface area (Å²) in [4.78, 5) is 11.8. The molecule has 23 heavy (non-hydrogen) atoms. The maximum Gasteiger partial charge on any atom is 0.221 e. The van der Waals surface area contributed by atoms with Crippen LogP contribution < -0.4 is 10.1 Å². The third-order valence-electron chi connectivity index (χ3n) is 3.18. The van der Waals surface area contributed by atoms with E-state index in [1.165, 1.54) is 0 Å². The molecule has 0 spiro atoms. The Hall–Kier alpha value is -2.44. The number of hydrogen-bond donors (Lipinski definition) is 1. The predicted octanol–water partition coefficient (Wildman–Crippen LogP) is 3.80. The zero-order valence-electron chi connectivity index (χ0n) is 12.9. The Morgan fingerprint density at radius 3 is 2.74 bits per heavy atom. The molecule has 4 heteroatoms. The number of methoxy groups -OCH3 is 1. The van der Waals surface area contributed by atoms with Gasteiger partial charge in [-0.1, -0.05) is 35.6 Å². The summed E-state index contributed by atoms with van der Waals surface area (Å²) in [6.45, 7) is 0.487. The van der Waals surface area contributed by atoms with Gasteiger partial charge in [0.15, 0.2) is 0 Å². The number of carbonyl (C=O) groups excluding carboxylic acids is 1. The van der Waals surface area contributed by atoms with Gasteiger partial charge in [0.1, 0.15) is 5.75 Å². The minimum Gasteiger partial charge on any atom is -0.497 e. The second-order valence-corrected chi connectivity index (χ2v) is 5.37. The zero-order valence-corrected chi connectivity index (χ0v) is 13.7. The summed E-state index contributed by atoms with van der Waals surface area (Å²) >= 11 is 5.81. The van der Waals surface area contributed by atoms with Crippen molar-refractivity contribution in [2.24, 2.45) is 0 Å². The topological polar surface area (TPSA) is 38.3 Å². The fourth-order valence-corrected chi connectivity index (χ4v) is 2.07. The number of carbonyl (C=O) groups is 1. The van der Waals surface area contributed by atoms with Crippen LogP contribution in [0.5, 0.6) is 5.75 Å². The number of benzene rings is 2. The fraction of sp³-hybridized carbons (Fsp3) is 0.211. The van der Waals surface area contributed by atoms with Gasteiger partial charge in [0.25, 0.3) is 0 Å². The molecule has 2 aromatic carbocycles. The van der Waals surface area contributed by atoms with Gasteiger partial charge in [0.05, 0.1) is 7.11 Å². The summed E-state index contributed by atoms with van der Waals surface area (Å²) in [7, 11) is 1.62. The molecule has 0 unspecified atom stereocenters. The molecule has 0 aromatic heterocycles. The Morgan fingerprint density at radius 1 is 1.22 bits per heavy atom. The van der Waals surface area contributed by atoms with Crippen molar-refractivity contribution in [1.29, 1.82) is 0 Å². The summed E-state index contributed by atoms with van der Waals surface area (Å²) in [6.07, 6.45) is 0.900. The van der Waals surface area contributed by atoms with Crippen molar-refractivity contribution in [3.05, 3.63) is 64.7 Å². The first-order valence-corrected chi connectivity index (χ1v) is 7.69. The molecule has 0 heterocycles. The van der Waals surface area contributed by atoms with Crippen LogP contribution in [0.15, 0.2) is 48.5 Å². The van der Waals surface area contributed by atoms with Crippen LogP contribution in [0.1, 0.15) is 24.0 Å². The first-order valence-electron chi connectivity index (χ1n) is 7.31. The van der Waals surface area contributed by atoms with E-state index in [0.29, 0.717) is 24.4 Å². The largest absolute Gasteiger partial charge is 0.497 e. The van der Waals surface area contributed by atoms with Crippen molar-refractivity contribution < 1.29 is 9.53 Å². The minimum absolute atomic E-state index is 0.0155. The van der Waals surface area contributed by atoms with Gasteiger partial charge in [-0.3, -0.25) is 4.79 Å². The number of ether oxygens (including phenoxy) is 1. The Labute approximate surface area is 141 Å². The van der Waals surface area contributed by atoms with Crippen LogP contribution in [-0.4, -0.2) is 13.0 Å². The summed E-state index contributed by atoms with van der Waals surface area (Å²) < 4.78 is 5.15. The highest BCUT2D eigenvalue weighted by Crippen LogP contribution is 2.12. The van der Waals surface area contributed by atoms with Crippen molar-refractivity contribution >= 4 is 17.5 Å². The number of rotatable bonds is 5. The second kappa shape index (κ2) is 8.87. The molecule has 0 radical (unpaired) electrons. The molecule has 0 fully saturated rings. The molecule has 3 nitrogen and oxygen atoms in total. The third kappa shape index (κ3) is 6.06. The highest BCUT2D eigenvalue weighted by Gasteiger charge is 2.01. The quantitative estimate of drug-likeness (QED) is 0.848. The van der Waals surface area contributed by atoms with E-state index in [1.54, 1.807) is 19.2 Å². The van der Waals surface area contributed by atoms with Crippen molar-refractivity contribution in [1.82, 2.24) is 5.32 Å². The van der Waals surface area contributed by atoms with Crippen LogP contribution in [0.3, 0.4) is 0 Å². The van der Waals surface area contributed by atoms with Crippen molar-refractivity contribution in [3.8, 4) is 17.6 Å². The lowest BCUT2D eigenvalue weighted by Gasteiger charge is -2.06. The Kier molecular flexibility index (Phi) is 6.53. The normalized spacial score (nSPS) is 9.65. The Morgan fingerprint density at radius 2 is 2.00 bits per heavy atom. The van der Waals surface area contributed by atoms with E-state index in [2.05, 4.69) is 17.2 Å². The molecule has 2 rings (SSSR count). The lowest BCUT2D eigenvalue weighted by molar-refractivity contribution is -0.121. The molecular formula is C19H18ClNO2. The first kappa shape index (κ1) is 16.9. The van der Waals surface area contributed by atoms with E-state index in [1.807, 2.05) is 36.4 Å². The molecule has 0 aliphatic heterocycles. The minimum atomic E-state index is -0.0155. The molecular weight excluding hydrogens is 310 g/mol. The van der Waals surface area contributed by atoms with Crippen LogP contribution in [0.25, 0.3) is 0 Å². The average molecular weight is 328 g/mol. The Balaban J connectivity index is 1.74. The molecule has 118 valence electrons. The van der Waals surface area contributed by atoms with Gasteiger partial charge in [-0.2, -0.15) is 0 Å². The van der Waals surface area contributed by atoms with Crippen LogP contribution in [0.2, 0.25) is 5.02 Å². The first-order chi connectivity index (χ1) is 11.2. The van der Waals surface area contributed by atoms with Gasteiger partial charge < -0.3 is 10.1 Å². The predicted molar refractivity (Wildman–Crippen MR) is 92.4 cm³/mol. The molecule has 0 bridgehead atoms. The van der Waals surface area contributed by atoms with Gasteiger partial charge in [-0.15, -0.1) is 0 Å². The second-order valence-electron chi connectivity index (χ2n) is 4.94. The maximum absolute atomic E-state index is 11.8. The zero-order chi connectivity index (χ0) is 16.5. The molecule has 0 aliphatic rings. The van der Waals surface area contributed by atoms with Crippen LogP contribution in [-0.2, 0) is 11.3 Å². The van der Waals surface area contributed by atoms with Crippen LogP contribution in [0.4, 0.5) is 0 Å². The van der Waals surface area contributed by atoms with Crippen molar-refractivity contribution in [3.63, 3.8) is 0 Å². The number of hydrogen-bond acceptors (Lipinski definition) is 2. The molecule has 1 amide bonds. The monoisotopic (exact) mass is 327 g/mol. The van der Waals surface area contributed by atoms with Gasteiger partial charge in [-0.25, -0.2) is 0 Å². The third-order valence-corrected chi connectivity index (χ3v) is 3.43. The number of amides is 1. The summed E-state index contributed by atoms with van der Waals surface area (Å²) in [6, 6.07) is 14.9. The fourth-order valence-electron chi connectivity index (χ4n) is 1.95. The number of halogens is 1. The van der Waals surface area contributed by atoms with E-state index < -0.39 is 0 Å². The molecule has 0 saturated heterocycles. The van der Waals surface area contributed by atoms with E-state index in [9.17, 15) is 4.79 Å². The molecule has 0 saturated carbocycles. The van der Waals surface area contributed by atoms with E-state index in [-0.39, 0.29) is 5.91 Å². The molecule has 0 atom stereocenters. The van der Waals surface area contributed by atoms with Crippen LogP contribution in [0, 0.1) is 11.8 Å². The van der Waals surface area contributed by atoms with E-state index in [4.69, 9.17) is 16.3 Å². The van der Waals surface area contributed by atoms with E-state index in [0.717, 1.165) is 16.9 Å². The molecule has 0 aliphatic carbocycles. The summed E-state index contributed by atoms with van der Waals surface area (Å²) in [5.74, 6) is 6.77. The van der Waals surface area contributed by atoms with Gasteiger partial charge in [0.2, 0.25) is 5.91 Å². The van der Waals surface area contributed by atoms with Crippen molar-refractivity contribution in [2.75, 3.05) is 7.11 Å². The van der Waals surface area contributed by atoms with Crippen molar-refractivity contribution in [2.45, 2.75) is 19.4 Å². The van der Waals surface area contributed by atoms with Gasteiger partial charge in [0, 0.05) is 30.0 Å². The SMILES string of the molecule is COc1cccc(CNC(=O)CCC#Cc2ccc(Cl)cc2)c1. The average Bonchev–Trinajstić information content (AvgIpc) is 2.58. The lowest BCUT2D eigenvalue weighted by atomic mass is 10.2. The van der Waals surface area contributed by atoms with E-state index >= 15 is 0 Å². The maximum atomic E-state index is 11.8. The lowest BCUT2D eigenvalue weighted by Crippen LogP contribution is -2.22. The van der Waals surface area contributed by atoms with Gasteiger partial charge >= 0.3 is 0 Å². The Bertz CT molecular complexity index is 714. The van der Waals surface area contributed by atoms with Gasteiger partial charge in [-0.05, 0) is 42.0 Å². The molecule has 1 N–H and O–H groups in total. The number of nitrogens with one attached hydrogen (secondary N) is 1. The summed E-state index contributed by atoms with van der Waals surface area (Å²) in [5.41, 5.74) is 1.90. The highest BCUT2D eigenvalue weighted by molar-refractivity contribution is 6.30. The summed E-state index contributed by atoms with van der Waals surface area (Å²) in [5, 5.41) is 3.56. The highest BCUT2D eigenvalue weighted by atomic mass is 35.5.